The summed E-state index contributed by atoms with van der Waals surface area (Å²) in [5, 5.41) is 2.65. The molecule has 0 spiro atoms. The molecule has 2 fully saturated rings. The van der Waals surface area contributed by atoms with Crippen molar-refractivity contribution < 1.29 is 4.57 Å². The Bertz CT molecular complexity index is 1580. The number of nitrogens with zero attached hydrogens (tertiary/aromatic N) is 3. The molecule has 3 heteroatoms. The number of benzene rings is 2. The predicted molar refractivity (Wildman–Crippen MR) is 145 cm³/mol. The lowest BCUT2D eigenvalue weighted by atomic mass is 9.83. The monoisotopic (exact) mass is 462 g/mol. The number of imidazole rings is 1. The van der Waals surface area contributed by atoms with Gasteiger partial charge in [-0.2, -0.15) is 4.40 Å². The Morgan fingerprint density at radius 2 is 1.51 bits per heavy atom. The third-order valence-corrected chi connectivity index (χ3v) is 9.09. The summed E-state index contributed by atoms with van der Waals surface area (Å²) in [6.07, 6.45) is 13.4. The van der Waals surface area contributed by atoms with Crippen LogP contribution in [-0.2, 0) is 7.05 Å². The molecule has 2 aliphatic carbocycles. The number of pyridine rings is 2. The quantitative estimate of drug-likeness (QED) is 0.192. The topological polar surface area (TPSA) is 21.2 Å². The van der Waals surface area contributed by atoms with Gasteiger partial charge in [0.25, 0.3) is 5.65 Å². The SMILES string of the molecule is Cc1cc(C2CCCCC2)nc2c3cc(C4CCCCC4)ccc3n3c4ccccc4[n+](C)c3c12. The maximum Gasteiger partial charge on any atom is 0.297 e. The lowest BCUT2D eigenvalue weighted by Crippen LogP contribution is -2.27. The molecule has 5 aromatic rings. The molecule has 0 amide bonds. The number of para-hydroxylation sites is 2. The van der Waals surface area contributed by atoms with Gasteiger partial charge >= 0.3 is 0 Å². The van der Waals surface area contributed by atoms with Crippen LogP contribution in [0.4, 0.5) is 0 Å². The second kappa shape index (κ2) is 8.33. The molecule has 2 saturated carbocycles. The average Bonchev–Trinajstić information content (AvgIpc) is 3.22. The third kappa shape index (κ3) is 3.31. The molecule has 0 saturated heterocycles. The minimum Gasteiger partial charge on any atom is -0.251 e. The molecule has 3 heterocycles. The normalized spacial score (nSPS) is 18.3. The summed E-state index contributed by atoms with van der Waals surface area (Å²) in [6.45, 7) is 2.31. The van der Waals surface area contributed by atoms with Gasteiger partial charge in [-0.05, 0) is 80.0 Å². The molecule has 2 aliphatic rings. The lowest BCUT2D eigenvalue weighted by Gasteiger charge is -2.23. The van der Waals surface area contributed by atoms with Gasteiger partial charge in [-0.15, -0.1) is 0 Å². The summed E-state index contributed by atoms with van der Waals surface area (Å²) in [6, 6.07) is 18.6. The summed E-state index contributed by atoms with van der Waals surface area (Å²) in [5.41, 5.74) is 10.5. The largest absolute Gasteiger partial charge is 0.297 e. The molecule has 3 aromatic heterocycles. The van der Waals surface area contributed by atoms with Crippen LogP contribution in [0, 0.1) is 6.92 Å². The van der Waals surface area contributed by atoms with Crippen molar-refractivity contribution in [2.45, 2.75) is 83.0 Å². The molecule has 7 rings (SSSR count). The number of rotatable bonds is 2. The Hall–Kier alpha value is -2.94. The smallest absolute Gasteiger partial charge is 0.251 e. The van der Waals surface area contributed by atoms with Gasteiger partial charge in [0.1, 0.15) is 5.52 Å². The van der Waals surface area contributed by atoms with E-state index in [2.05, 4.69) is 71.5 Å². The van der Waals surface area contributed by atoms with E-state index in [1.807, 2.05) is 0 Å². The van der Waals surface area contributed by atoms with Crippen molar-refractivity contribution in [3.05, 3.63) is 65.4 Å². The summed E-state index contributed by atoms with van der Waals surface area (Å²) in [5.74, 6) is 1.30. The van der Waals surface area contributed by atoms with E-state index in [-0.39, 0.29) is 0 Å². The highest BCUT2D eigenvalue weighted by Gasteiger charge is 2.27. The zero-order valence-corrected chi connectivity index (χ0v) is 21.2. The van der Waals surface area contributed by atoms with Crippen molar-refractivity contribution in [3.63, 3.8) is 0 Å². The van der Waals surface area contributed by atoms with E-state index < -0.39 is 0 Å². The molecule has 0 N–H and O–H groups in total. The predicted octanol–water partition coefficient (Wildman–Crippen LogP) is 8.02. The molecular weight excluding hydrogens is 426 g/mol. The van der Waals surface area contributed by atoms with Gasteiger partial charge in [-0.1, -0.05) is 56.7 Å². The van der Waals surface area contributed by atoms with Crippen LogP contribution in [0.1, 0.15) is 92.9 Å². The fourth-order valence-electron chi connectivity index (χ4n) is 7.25. The van der Waals surface area contributed by atoms with E-state index in [4.69, 9.17) is 4.98 Å². The molecule has 0 bridgehead atoms. The molecule has 3 nitrogen and oxygen atoms in total. The van der Waals surface area contributed by atoms with E-state index in [0.717, 1.165) is 0 Å². The summed E-state index contributed by atoms with van der Waals surface area (Å²) in [4.78, 5) is 5.51. The molecule has 0 unspecified atom stereocenters. The minimum atomic E-state index is 0.610. The highest BCUT2D eigenvalue weighted by molar-refractivity contribution is 6.12. The van der Waals surface area contributed by atoms with Crippen LogP contribution in [0.2, 0.25) is 0 Å². The molecule has 2 aromatic carbocycles. The van der Waals surface area contributed by atoms with E-state index in [0.29, 0.717) is 11.8 Å². The van der Waals surface area contributed by atoms with E-state index in [9.17, 15) is 0 Å². The minimum absolute atomic E-state index is 0.610. The molecule has 0 atom stereocenters. The van der Waals surface area contributed by atoms with Crippen molar-refractivity contribution in [1.82, 2.24) is 9.38 Å². The fraction of sp³-hybridized carbons (Fsp3) is 0.438. The van der Waals surface area contributed by atoms with Crippen LogP contribution in [0.3, 0.4) is 0 Å². The number of aryl methyl sites for hydroxylation is 2. The van der Waals surface area contributed by atoms with Crippen molar-refractivity contribution >= 4 is 38.5 Å². The van der Waals surface area contributed by atoms with Crippen molar-refractivity contribution in [2.24, 2.45) is 7.05 Å². The number of hydrogen-bond donors (Lipinski definition) is 0. The van der Waals surface area contributed by atoms with Gasteiger partial charge in [0, 0.05) is 17.0 Å². The first kappa shape index (κ1) is 21.4. The van der Waals surface area contributed by atoms with Crippen LogP contribution in [0.15, 0.2) is 48.5 Å². The van der Waals surface area contributed by atoms with Gasteiger partial charge in [-0.25, -0.2) is 4.57 Å². The van der Waals surface area contributed by atoms with Crippen LogP contribution in [0.5, 0.6) is 0 Å². The summed E-state index contributed by atoms with van der Waals surface area (Å²) in [7, 11) is 2.22. The van der Waals surface area contributed by atoms with Gasteiger partial charge in [0.05, 0.1) is 18.0 Å². The first-order chi connectivity index (χ1) is 17.2. The number of fused-ring (bicyclic) bond motifs is 8. The Balaban J connectivity index is 1.60. The maximum atomic E-state index is 5.51. The molecular formula is C32H36N3+. The Morgan fingerprint density at radius 1 is 0.800 bits per heavy atom. The maximum absolute atomic E-state index is 5.51. The lowest BCUT2D eigenvalue weighted by molar-refractivity contribution is -0.617. The molecule has 178 valence electrons. The van der Waals surface area contributed by atoms with Crippen molar-refractivity contribution in [3.8, 4) is 0 Å². The first-order valence-electron chi connectivity index (χ1n) is 13.9. The molecule has 35 heavy (non-hydrogen) atoms. The van der Waals surface area contributed by atoms with Gasteiger partial charge in [0.15, 0.2) is 11.0 Å². The highest BCUT2D eigenvalue weighted by Crippen LogP contribution is 2.39. The standard InChI is InChI=1S/C32H36N3/c1-21-19-26(23-13-7-4-8-14-23)33-31-25-20-24(22-11-5-3-6-12-22)17-18-27(25)35-29-16-10-9-15-28(29)34(2)32(35)30(21)31/h9-10,15-20,22-23H,3-8,11-14H2,1-2H3/q+1. The Labute approximate surface area is 207 Å². The average molecular weight is 463 g/mol. The van der Waals surface area contributed by atoms with Crippen molar-refractivity contribution in [1.29, 1.82) is 0 Å². The van der Waals surface area contributed by atoms with Gasteiger partial charge in [-0.3, -0.25) is 4.98 Å². The second-order valence-electron chi connectivity index (χ2n) is 11.2. The van der Waals surface area contributed by atoms with Crippen LogP contribution >= 0.6 is 0 Å². The molecule has 0 radical (unpaired) electrons. The van der Waals surface area contributed by atoms with Gasteiger partial charge < -0.3 is 0 Å². The Morgan fingerprint density at radius 3 is 2.29 bits per heavy atom. The summed E-state index contributed by atoms with van der Waals surface area (Å²) >= 11 is 0. The zero-order valence-electron chi connectivity index (χ0n) is 21.2. The zero-order chi connectivity index (χ0) is 23.5. The van der Waals surface area contributed by atoms with Crippen LogP contribution in [0.25, 0.3) is 38.5 Å². The first-order valence-corrected chi connectivity index (χ1v) is 13.9. The van der Waals surface area contributed by atoms with E-state index >= 15 is 0 Å². The van der Waals surface area contributed by atoms with Crippen LogP contribution < -0.4 is 4.57 Å². The number of aromatic nitrogens is 3. The van der Waals surface area contributed by atoms with Crippen molar-refractivity contribution in [2.75, 3.05) is 0 Å². The van der Waals surface area contributed by atoms with Gasteiger partial charge in [0.2, 0.25) is 0 Å². The third-order valence-electron chi connectivity index (χ3n) is 9.09. The highest BCUT2D eigenvalue weighted by atomic mass is 15.1. The fourth-order valence-corrected chi connectivity index (χ4v) is 7.25. The second-order valence-corrected chi connectivity index (χ2v) is 11.2. The van der Waals surface area contributed by atoms with E-state index in [1.165, 1.54) is 120 Å². The van der Waals surface area contributed by atoms with E-state index in [1.54, 1.807) is 0 Å². The van der Waals surface area contributed by atoms with Crippen LogP contribution in [-0.4, -0.2) is 9.38 Å². The Kier molecular flexibility index (Phi) is 5.08. The number of hydrogen-bond acceptors (Lipinski definition) is 1. The summed E-state index contributed by atoms with van der Waals surface area (Å²) < 4.78 is 4.87. The molecule has 0 aliphatic heterocycles.